The molecule has 2 N–H and O–H groups in total. The van der Waals surface area contributed by atoms with E-state index in [0.717, 1.165) is 38.9 Å². The third-order valence-corrected chi connectivity index (χ3v) is 5.71. The van der Waals surface area contributed by atoms with Crippen molar-refractivity contribution in [3.05, 3.63) is 0 Å². The number of rotatable bonds is 5. The number of carbonyl (C=O) groups is 1. The van der Waals surface area contributed by atoms with Crippen LogP contribution in [0.25, 0.3) is 0 Å². The molecule has 0 aromatic rings. The molecule has 2 aliphatic heterocycles. The van der Waals surface area contributed by atoms with Gasteiger partial charge in [0.25, 0.3) is 0 Å². The summed E-state index contributed by atoms with van der Waals surface area (Å²) in [5.74, 6) is 0.258. The SMILES string of the molecule is CN(C)C(=O)CN=C(NCC1COC2(CCCCCC2)O1)NC1CCOCC1.I. The van der Waals surface area contributed by atoms with E-state index < -0.39 is 0 Å². The first-order valence-electron chi connectivity index (χ1n) is 10.7. The zero-order chi connectivity index (χ0) is 19.8. The standard InChI is InChI=1S/C20H36N4O4.HI/c1-24(2)18(25)14-22-19(23-16-7-11-26-12-8-16)21-13-17-15-27-20(28-17)9-5-3-4-6-10-20;/h16-17H,3-15H2,1-2H3,(H2,21,22,23);1H. The smallest absolute Gasteiger partial charge is 0.243 e. The Morgan fingerprint density at radius 2 is 1.83 bits per heavy atom. The normalized spacial score (nSPS) is 25.2. The topological polar surface area (TPSA) is 84.4 Å². The van der Waals surface area contributed by atoms with E-state index in [1.165, 1.54) is 25.7 Å². The Balaban J connectivity index is 0.00000300. The van der Waals surface area contributed by atoms with E-state index in [-0.39, 0.29) is 48.3 Å². The second-order valence-electron chi connectivity index (χ2n) is 8.24. The summed E-state index contributed by atoms with van der Waals surface area (Å²) in [5.41, 5.74) is 0. The molecule has 168 valence electrons. The Labute approximate surface area is 191 Å². The Bertz CT molecular complexity index is 533. The first kappa shape index (κ1) is 24.6. The number of hydrogen-bond acceptors (Lipinski definition) is 5. The van der Waals surface area contributed by atoms with Gasteiger partial charge >= 0.3 is 0 Å². The molecule has 0 bridgehead atoms. The fourth-order valence-corrected chi connectivity index (χ4v) is 3.93. The molecule has 1 spiro atoms. The van der Waals surface area contributed by atoms with Gasteiger partial charge in [-0.05, 0) is 25.7 Å². The summed E-state index contributed by atoms with van der Waals surface area (Å²) in [4.78, 5) is 18.0. The van der Waals surface area contributed by atoms with Gasteiger partial charge in [0.15, 0.2) is 11.7 Å². The summed E-state index contributed by atoms with van der Waals surface area (Å²) < 4.78 is 17.8. The van der Waals surface area contributed by atoms with Gasteiger partial charge in [0.05, 0.1) is 6.61 Å². The lowest BCUT2D eigenvalue weighted by Gasteiger charge is -2.27. The molecule has 8 nitrogen and oxygen atoms in total. The maximum atomic E-state index is 11.9. The van der Waals surface area contributed by atoms with Crippen LogP contribution in [0.15, 0.2) is 4.99 Å². The van der Waals surface area contributed by atoms with Crippen LogP contribution in [0.4, 0.5) is 0 Å². The van der Waals surface area contributed by atoms with E-state index >= 15 is 0 Å². The molecule has 3 fully saturated rings. The Morgan fingerprint density at radius 1 is 1.14 bits per heavy atom. The molecule has 29 heavy (non-hydrogen) atoms. The second-order valence-corrected chi connectivity index (χ2v) is 8.24. The van der Waals surface area contributed by atoms with Crippen molar-refractivity contribution in [2.75, 3.05) is 47.0 Å². The zero-order valence-corrected chi connectivity index (χ0v) is 20.1. The van der Waals surface area contributed by atoms with E-state index in [0.29, 0.717) is 25.2 Å². The molecule has 0 radical (unpaired) electrons. The number of carbonyl (C=O) groups excluding carboxylic acids is 1. The number of nitrogens with zero attached hydrogens (tertiary/aromatic N) is 2. The van der Waals surface area contributed by atoms with Crippen LogP contribution in [-0.2, 0) is 19.0 Å². The predicted molar refractivity (Wildman–Crippen MR) is 123 cm³/mol. The first-order valence-corrected chi connectivity index (χ1v) is 10.7. The number of guanidine groups is 1. The Morgan fingerprint density at radius 3 is 2.48 bits per heavy atom. The minimum atomic E-state index is -0.380. The first-order chi connectivity index (χ1) is 13.6. The molecule has 0 aromatic carbocycles. The summed E-state index contributed by atoms with van der Waals surface area (Å²) in [6.45, 7) is 2.85. The Kier molecular flexibility index (Phi) is 10.4. The number of aliphatic imine (C=N–C) groups is 1. The van der Waals surface area contributed by atoms with Crippen molar-refractivity contribution in [3.8, 4) is 0 Å². The lowest BCUT2D eigenvalue weighted by molar-refractivity contribution is -0.175. The van der Waals surface area contributed by atoms with E-state index in [4.69, 9.17) is 14.2 Å². The molecule has 1 saturated carbocycles. The van der Waals surface area contributed by atoms with Crippen molar-refractivity contribution in [2.24, 2.45) is 4.99 Å². The predicted octanol–water partition coefficient (Wildman–Crippen LogP) is 1.87. The van der Waals surface area contributed by atoms with Crippen LogP contribution in [0.2, 0.25) is 0 Å². The average molecular weight is 524 g/mol. The van der Waals surface area contributed by atoms with E-state index in [1.807, 2.05) is 0 Å². The van der Waals surface area contributed by atoms with Gasteiger partial charge in [-0.1, -0.05) is 12.8 Å². The van der Waals surface area contributed by atoms with Crippen LogP contribution in [0, 0.1) is 0 Å². The molecule has 0 aromatic heterocycles. The van der Waals surface area contributed by atoms with E-state index in [9.17, 15) is 4.79 Å². The highest BCUT2D eigenvalue weighted by atomic mass is 127. The molecule has 1 unspecified atom stereocenters. The van der Waals surface area contributed by atoms with Gasteiger partial charge in [-0.2, -0.15) is 0 Å². The van der Waals surface area contributed by atoms with Gasteiger partial charge < -0.3 is 29.7 Å². The maximum absolute atomic E-state index is 11.9. The minimum Gasteiger partial charge on any atom is -0.381 e. The number of nitrogens with one attached hydrogen (secondary N) is 2. The monoisotopic (exact) mass is 524 g/mol. The van der Waals surface area contributed by atoms with Gasteiger partial charge in [-0.15, -0.1) is 24.0 Å². The minimum absolute atomic E-state index is 0. The quantitative estimate of drug-likeness (QED) is 0.325. The third kappa shape index (κ3) is 7.84. The largest absolute Gasteiger partial charge is 0.381 e. The highest BCUT2D eigenvalue weighted by molar-refractivity contribution is 14.0. The molecule has 9 heteroatoms. The van der Waals surface area contributed by atoms with Crippen molar-refractivity contribution in [1.29, 1.82) is 0 Å². The molecule has 1 atom stereocenters. The van der Waals surface area contributed by atoms with Crippen LogP contribution < -0.4 is 10.6 Å². The zero-order valence-electron chi connectivity index (χ0n) is 17.8. The van der Waals surface area contributed by atoms with Crippen molar-refractivity contribution >= 4 is 35.8 Å². The molecule has 3 rings (SSSR count). The summed E-state index contributed by atoms with van der Waals surface area (Å²) in [6.07, 6.45) is 8.74. The molecule has 2 heterocycles. The molecule has 1 aliphatic carbocycles. The highest BCUT2D eigenvalue weighted by Crippen LogP contribution is 2.36. The van der Waals surface area contributed by atoms with Crippen molar-refractivity contribution in [2.45, 2.75) is 69.3 Å². The van der Waals surface area contributed by atoms with Crippen molar-refractivity contribution in [3.63, 3.8) is 0 Å². The van der Waals surface area contributed by atoms with Gasteiger partial charge in [-0.3, -0.25) is 4.79 Å². The van der Waals surface area contributed by atoms with Gasteiger partial charge in [0.2, 0.25) is 5.91 Å². The molecule has 1 amide bonds. The van der Waals surface area contributed by atoms with Crippen molar-refractivity contribution < 1.29 is 19.0 Å². The van der Waals surface area contributed by atoms with E-state index in [2.05, 4.69) is 15.6 Å². The fourth-order valence-electron chi connectivity index (χ4n) is 3.93. The van der Waals surface area contributed by atoms with Crippen LogP contribution in [-0.4, -0.2) is 81.7 Å². The summed E-state index contributed by atoms with van der Waals surface area (Å²) >= 11 is 0. The number of amides is 1. The number of likely N-dealkylation sites (N-methyl/N-ethyl adjacent to an activating group) is 1. The number of hydrogen-bond donors (Lipinski definition) is 2. The lowest BCUT2D eigenvalue weighted by Crippen LogP contribution is -2.48. The van der Waals surface area contributed by atoms with Crippen molar-refractivity contribution in [1.82, 2.24) is 15.5 Å². The van der Waals surface area contributed by atoms with E-state index in [1.54, 1.807) is 19.0 Å². The van der Waals surface area contributed by atoms with Gasteiger partial charge in [0.1, 0.15) is 12.6 Å². The Hall–Kier alpha value is -0.650. The lowest BCUT2D eigenvalue weighted by atomic mass is 10.1. The number of halogens is 1. The summed E-state index contributed by atoms with van der Waals surface area (Å²) in [5, 5.41) is 6.81. The molecular formula is C20H37IN4O4. The van der Waals surface area contributed by atoms with Crippen LogP contribution in [0.3, 0.4) is 0 Å². The summed E-state index contributed by atoms with van der Waals surface area (Å²) in [7, 11) is 3.49. The van der Waals surface area contributed by atoms with Gasteiger partial charge in [0, 0.05) is 52.7 Å². The molecule has 3 aliphatic rings. The maximum Gasteiger partial charge on any atom is 0.243 e. The fraction of sp³-hybridized carbons (Fsp3) is 0.900. The summed E-state index contributed by atoms with van der Waals surface area (Å²) in [6, 6.07) is 0.309. The highest BCUT2D eigenvalue weighted by Gasteiger charge is 2.41. The molecular weight excluding hydrogens is 487 g/mol. The van der Waals surface area contributed by atoms with Gasteiger partial charge in [-0.25, -0.2) is 4.99 Å². The van der Waals surface area contributed by atoms with Crippen LogP contribution >= 0.6 is 24.0 Å². The number of ether oxygens (including phenoxy) is 3. The third-order valence-electron chi connectivity index (χ3n) is 5.71. The average Bonchev–Trinajstić information content (AvgIpc) is 2.95. The second kappa shape index (κ2) is 12.3. The van der Waals surface area contributed by atoms with Crippen LogP contribution in [0.1, 0.15) is 51.4 Å². The van der Waals surface area contributed by atoms with Crippen LogP contribution in [0.5, 0.6) is 0 Å². The molecule has 2 saturated heterocycles.